The number of amides is 1. The molecule has 29 heavy (non-hydrogen) atoms. The molecular formula is C23H25N5O. The summed E-state index contributed by atoms with van der Waals surface area (Å²) in [6, 6.07) is 13.7. The van der Waals surface area contributed by atoms with Crippen molar-refractivity contribution in [1.29, 1.82) is 0 Å². The second kappa shape index (κ2) is 7.44. The van der Waals surface area contributed by atoms with Crippen LogP contribution in [0.1, 0.15) is 29.6 Å². The highest BCUT2D eigenvalue weighted by molar-refractivity contribution is 6.00. The van der Waals surface area contributed by atoms with Gasteiger partial charge in [-0.1, -0.05) is 18.2 Å². The first kappa shape index (κ1) is 18.1. The summed E-state index contributed by atoms with van der Waals surface area (Å²) in [6.07, 6.45) is 8.73. The van der Waals surface area contributed by atoms with Crippen molar-refractivity contribution < 1.29 is 4.79 Å². The number of benzene rings is 1. The summed E-state index contributed by atoms with van der Waals surface area (Å²) in [7, 11) is 0. The molecule has 2 fully saturated rings. The molecule has 0 bridgehead atoms. The Hall–Kier alpha value is -2.99. The molecule has 2 aliphatic heterocycles. The van der Waals surface area contributed by atoms with Crippen LogP contribution < -0.4 is 5.32 Å². The third kappa shape index (κ3) is 3.44. The predicted molar refractivity (Wildman–Crippen MR) is 112 cm³/mol. The summed E-state index contributed by atoms with van der Waals surface area (Å²) in [5.74, 6) is 0.0619. The number of likely N-dealkylation sites (tertiary alicyclic amines) is 1. The minimum atomic E-state index is 0.0619. The number of hydrogen-bond donors (Lipinski definition) is 1. The number of aromatic nitrogens is 3. The lowest BCUT2D eigenvalue weighted by Gasteiger charge is -2.38. The van der Waals surface area contributed by atoms with Crippen molar-refractivity contribution in [3.63, 3.8) is 0 Å². The van der Waals surface area contributed by atoms with Gasteiger partial charge in [-0.2, -0.15) is 5.10 Å². The molecule has 0 aliphatic carbocycles. The SMILES string of the molecule is O=C(c1cn(-c2ccccc2)nc1-c1cccnc1)N1CCC2(CCNC2)CC1. The summed E-state index contributed by atoms with van der Waals surface area (Å²) < 4.78 is 1.79. The van der Waals surface area contributed by atoms with E-state index in [1.54, 1.807) is 17.1 Å². The van der Waals surface area contributed by atoms with E-state index in [1.165, 1.54) is 6.42 Å². The van der Waals surface area contributed by atoms with Gasteiger partial charge in [0.25, 0.3) is 5.91 Å². The zero-order valence-electron chi connectivity index (χ0n) is 16.4. The summed E-state index contributed by atoms with van der Waals surface area (Å²) >= 11 is 0. The normalized spacial score (nSPS) is 18.3. The Labute approximate surface area is 170 Å². The molecule has 3 aromatic rings. The van der Waals surface area contributed by atoms with Crippen LogP contribution >= 0.6 is 0 Å². The van der Waals surface area contributed by atoms with Gasteiger partial charge in [0, 0.05) is 43.8 Å². The molecule has 1 amide bonds. The average Bonchev–Trinajstić information content (AvgIpc) is 3.43. The quantitative estimate of drug-likeness (QED) is 0.750. The van der Waals surface area contributed by atoms with Crippen molar-refractivity contribution in [3.05, 3.63) is 66.6 Å². The van der Waals surface area contributed by atoms with Crippen LogP contribution in [0.2, 0.25) is 0 Å². The van der Waals surface area contributed by atoms with Gasteiger partial charge in [-0.25, -0.2) is 4.68 Å². The number of carbonyl (C=O) groups excluding carboxylic acids is 1. The van der Waals surface area contributed by atoms with Crippen LogP contribution in [-0.2, 0) is 0 Å². The van der Waals surface area contributed by atoms with Crippen LogP contribution in [0, 0.1) is 5.41 Å². The van der Waals surface area contributed by atoms with Gasteiger partial charge in [0.2, 0.25) is 0 Å². The number of nitrogens with one attached hydrogen (secondary N) is 1. The van der Waals surface area contributed by atoms with Gasteiger partial charge >= 0.3 is 0 Å². The smallest absolute Gasteiger partial charge is 0.257 e. The minimum absolute atomic E-state index is 0.0619. The number of pyridine rings is 1. The van der Waals surface area contributed by atoms with Crippen LogP contribution in [0.15, 0.2) is 61.1 Å². The maximum atomic E-state index is 13.5. The molecule has 6 heteroatoms. The molecule has 0 radical (unpaired) electrons. The maximum Gasteiger partial charge on any atom is 0.257 e. The lowest BCUT2D eigenvalue weighted by molar-refractivity contribution is 0.0608. The fourth-order valence-electron chi connectivity index (χ4n) is 4.54. The Morgan fingerprint density at radius 1 is 1.03 bits per heavy atom. The van der Waals surface area contributed by atoms with Gasteiger partial charge < -0.3 is 10.2 Å². The molecule has 1 spiro atoms. The topological polar surface area (TPSA) is 63.1 Å². The largest absolute Gasteiger partial charge is 0.338 e. The highest BCUT2D eigenvalue weighted by Gasteiger charge is 2.38. The summed E-state index contributed by atoms with van der Waals surface area (Å²) in [6.45, 7) is 3.80. The van der Waals surface area contributed by atoms with Crippen molar-refractivity contribution in [2.24, 2.45) is 5.41 Å². The number of rotatable bonds is 3. The van der Waals surface area contributed by atoms with E-state index in [-0.39, 0.29) is 5.91 Å². The lowest BCUT2D eigenvalue weighted by Crippen LogP contribution is -2.44. The van der Waals surface area contributed by atoms with Crippen LogP contribution in [0.4, 0.5) is 0 Å². The highest BCUT2D eigenvalue weighted by Crippen LogP contribution is 2.37. The number of piperidine rings is 1. The van der Waals surface area contributed by atoms with E-state index < -0.39 is 0 Å². The van der Waals surface area contributed by atoms with Gasteiger partial charge in [0.15, 0.2) is 0 Å². The molecule has 0 atom stereocenters. The first-order valence-corrected chi connectivity index (χ1v) is 10.3. The highest BCUT2D eigenvalue weighted by atomic mass is 16.2. The summed E-state index contributed by atoms with van der Waals surface area (Å²) in [4.78, 5) is 19.7. The Bertz CT molecular complexity index is 983. The molecule has 148 valence electrons. The van der Waals surface area contributed by atoms with Gasteiger partial charge in [-0.15, -0.1) is 0 Å². The minimum Gasteiger partial charge on any atom is -0.338 e. The Balaban J connectivity index is 1.47. The van der Waals surface area contributed by atoms with Crippen LogP contribution in [0.25, 0.3) is 16.9 Å². The van der Waals surface area contributed by atoms with Crippen molar-refractivity contribution in [2.75, 3.05) is 26.2 Å². The van der Waals surface area contributed by atoms with Crippen LogP contribution in [0.3, 0.4) is 0 Å². The van der Waals surface area contributed by atoms with Crippen molar-refractivity contribution in [2.45, 2.75) is 19.3 Å². The third-order valence-corrected chi connectivity index (χ3v) is 6.34. The molecule has 5 rings (SSSR count). The molecule has 1 N–H and O–H groups in total. The fourth-order valence-corrected chi connectivity index (χ4v) is 4.54. The molecule has 0 unspecified atom stereocenters. The molecule has 2 aliphatic rings. The fraction of sp³-hybridized carbons (Fsp3) is 0.348. The Morgan fingerprint density at radius 2 is 1.86 bits per heavy atom. The van der Waals surface area contributed by atoms with Crippen LogP contribution in [0.5, 0.6) is 0 Å². The number of hydrogen-bond acceptors (Lipinski definition) is 4. The molecule has 2 aromatic heterocycles. The van der Waals surface area contributed by atoms with Gasteiger partial charge in [0.05, 0.1) is 11.3 Å². The second-order valence-corrected chi connectivity index (χ2v) is 8.13. The van der Waals surface area contributed by atoms with Gasteiger partial charge in [-0.3, -0.25) is 9.78 Å². The second-order valence-electron chi connectivity index (χ2n) is 8.13. The zero-order valence-corrected chi connectivity index (χ0v) is 16.4. The third-order valence-electron chi connectivity index (χ3n) is 6.34. The molecule has 0 saturated carbocycles. The molecule has 2 saturated heterocycles. The van der Waals surface area contributed by atoms with E-state index in [9.17, 15) is 4.79 Å². The predicted octanol–water partition coefficient (Wildman–Crippen LogP) is 3.15. The monoisotopic (exact) mass is 387 g/mol. The number of nitrogens with zero attached hydrogens (tertiary/aromatic N) is 4. The van der Waals surface area contributed by atoms with E-state index in [0.29, 0.717) is 16.7 Å². The Morgan fingerprint density at radius 3 is 2.55 bits per heavy atom. The number of carbonyl (C=O) groups is 1. The van der Waals surface area contributed by atoms with E-state index in [0.717, 1.165) is 50.3 Å². The average molecular weight is 387 g/mol. The van der Waals surface area contributed by atoms with Gasteiger partial charge in [-0.05, 0) is 55.5 Å². The molecule has 4 heterocycles. The van der Waals surface area contributed by atoms with Crippen LogP contribution in [-0.4, -0.2) is 51.8 Å². The summed E-state index contributed by atoms with van der Waals surface area (Å²) in [5, 5.41) is 8.24. The van der Waals surface area contributed by atoms with Gasteiger partial charge in [0.1, 0.15) is 5.69 Å². The molecule has 6 nitrogen and oxygen atoms in total. The standard InChI is InChI=1S/C23H25N5O/c29-22(27-13-9-23(10-14-27)8-12-25-17-23)20-16-28(19-6-2-1-3-7-19)26-21(20)18-5-4-11-24-15-18/h1-7,11,15-16,25H,8-10,12-14,17H2. The first-order chi connectivity index (χ1) is 14.2. The van der Waals surface area contributed by atoms with E-state index in [1.807, 2.05) is 53.6 Å². The molecular weight excluding hydrogens is 362 g/mol. The maximum absolute atomic E-state index is 13.5. The van der Waals surface area contributed by atoms with Crippen molar-refractivity contribution in [1.82, 2.24) is 25.0 Å². The summed E-state index contributed by atoms with van der Waals surface area (Å²) in [5.41, 5.74) is 3.51. The lowest BCUT2D eigenvalue weighted by atomic mass is 9.78. The molecule has 1 aromatic carbocycles. The van der Waals surface area contributed by atoms with E-state index in [2.05, 4.69) is 10.3 Å². The van der Waals surface area contributed by atoms with E-state index in [4.69, 9.17) is 5.10 Å². The van der Waals surface area contributed by atoms with E-state index >= 15 is 0 Å². The van der Waals surface area contributed by atoms with Crippen molar-refractivity contribution in [3.8, 4) is 16.9 Å². The Kier molecular flexibility index (Phi) is 4.64. The first-order valence-electron chi connectivity index (χ1n) is 10.3. The van der Waals surface area contributed by atoms with Crippen molar-refractivity contribution >= 4 is 5.91 Å². The number of para-hydroxylation sites is 1. The zero-order chi connectivity index (χ0) is 19.7.